The molecule has 1 aliphatic carbocycles. The number of rotatable bonds is 3. The third kappa shape index (κ3) is 1.76. The Balaban J connectivity index is 2.46. The summed E-state index contributed by atoms with van der Waals surface area (Å²) in [6, 6.07) is 6.87. The zero-order chi connectivity index (χ0) is 13.4. The van der Waals surface area contributed by atoms with Crippen molar-refractivity contribution >= 4 is 0 Å². The molecular weight excluding hydrogens is 237 g/mol. The molecule has 1 aromatic rings. The molecule has 0 saturated carbocycles. The van der Waals surface area contributed by atoms with Gasteiger partial charge in [-0.2, -0.15) is 13.2 Å². The van der Waals surface area contributed by atoms with E-state index >= 15 is 0 Å². The van der Waals surface area contributed by atoms with Gasteiger partial charge in [0, 0.05) is 0 Å². The van der Waals surface area contributed by atoms with Gasteiger partial charge in [0.15, 0.2) is 0 Å². The average Bonchev–Trinajstić information content (AvgIpc) is 2.28. The summed E-state index contributed by atoms with van der Waals surface area (Å²) in [5, 5.41) is 0. The first-order valence-corrected chi connectivity index (χ1v) is 6.31. The van der Waals surface area contributed by atoms with Gasteiger partial charge in [-0.25, -0.2) is 0 Å². The molecule has 1 unspecified atom stereocenters. The minimum absolute atomic E-state index is 0.0745. The minimum Gasteiger partial charge on any atom is -0.170 e. The van der Waals surface area contributed by atoms with E-state index in [0.29, 0.717) is 17.6 Å². The van der Waals surface area contributed by atoms with Crippen LogP contribution in [0.5, 0.6) is 0 Å². The van der Waals surface area contributed by atoms with E-state index in [2.05, 4.69) is 0 Å². The molecule has 1 aliphatic rings. The summed E-state index contributed by atoms with van der Waals surface area (Å²) >= 11 is 0. The number of alkyl halides is 3. The van der Waals surface area contributed by atoms with Gasteiger partial charge < -0.3 is 0 Å². The Hall–Kier alpha value is -1.25. The fourth-order valence-electron chi connectivity index (χ4n) is 2.69. The van der Waals surface area contributed by atoms with Crippen molar-refractivity contribution in [3.63, 3.8) is 0 Å². The quantitative estimate of drug-likeness (QED) is 0.680. The lowest BCUT2D eigenvalue weighted by atomic mass is 9.62. The molecular formula is C15H17F3. The van der Waals surface area contributed by atoms with E-state index in [-0.39, 0.29) is 6.42 Å². The van der Waals surface area contributed by atoms with Gasteiger partial charge in [0.25, 0.3) is 0 Å². The number of benzene rings is 1. The molecule has 0 N–H and O–H groups in total. The Kier molecular flexibility index (Phi) is 3.26. The highest BCUT2D eigenvalue weighted by Gasteiger charge is 2.60. The van der Waals surface area contributed by atoms with Crippen molar-refractivity contribution in [1.29, 1.82) is 0 Å². The first-order valence-electron chi connectivity index (χ1n) is 6.31. The molecule has 0 fully saturated rings. The Morgan fingerprint density at radius 2 is 1.67 bits per heavy atom. The third-order valence-electron chi connectivity index (χ3n) is 3.92. The van der Waals surface area contributed by atoms with Crippen LogP contribution in [0.1, 0.15) is 37.8 Å². The largest absolute Gasteiger partial charge is 0.402 e. The predicted octanol–water partition coefficient (Wildman–Crippen LogP) is 4.79. The van der Waals surface area contributed by atoms with E-state index < -0.39 is 11.6 Å². The van der Waals surface area contributed by atoms with Crippen LogP contribution in [0.25, 0.3) is 0 Å². The smallest absolute Gasteiger partial charge is 0.170 e. The molecule has 1 atom stereocenters. The fourth-order valence-corrected chi connectivity index (χ4v) is 2.69. The van der Waals surface area contributed by atoms with E-state index in [1.165, 1.54) is 0 Å². The summed E-state index contributed by atoms with van der Waals surface area (Å²) in [6.07, 6.45) is -1.13. The van der Waals surface area contributed by atoms with E-state index in [9.17, 15) is 13.2 Å². The van der Waals surface area contributed by atoms with Gasteiger partial charge in [-0.05, 0) is 30.4 Å². The molecule has 0 aliphatic heterocycles. The molecule has 0 amide bonds. The van der Waals surface area contributed by atoms with E-state index in [4.69, 9.17) is 0 Å². The lowest BCUT2D eigenvalue weighted by Gasteiger charge is -2.44. The zero-order valence-electron chi connectivity index (χ0n) is 10.6. The molecule has 0 aromatic heterocycles. The normalized spacial score (nSPS) is 23.5. The molecule has 0 spiro atoms. The second-order valence-electron chi connectivity index (χ2n) is 4.74. The third-order valence-corrected chi connectivity index (χ3v) is 3.92. The molecule has 0 heterocycles. The van der Waals surface area contributed by atoms with Gasteiger partial charge in [-0.15, -0.1) is 0 Å². The fraction of sp³-hybridized carbons (Fsp3) is 0.467. The van der Waals surface area contributed by atoms with Crippen molar-refractivity contribution in [3.05, 3.63) is 47.0 Å². The number of halogens is 3. The number of hydrogen-bond acceptors (Lipinski definition) is 0. The Bertz CT molecular complexity index is 454. The van der Waals surface area contributed by atoms with Gasteiger partial charge in [0.2, 0.25) is 0 Å². The maximum atomic E-state index is 13.4. The summed E-state index contributed by atoms with van der Waals surface area (Å²) in [6.45, 7) is 3.78. The highest BCUT2D eigenvalue weighted by atomic mass is 19.4. The number of aryl methyl sites for hydroxylation is 1. The molecule has 3 heteroatoms. The van der Waals surface area contributed by atoms with Crippen LogP contribution in [0.3, 0.4) is 0 Å². The van der Waals surface area contributed by atoms with Gasteiger partial charge in [-0.1, -0.05) is 49.8 Å². The summed E-state index contributed by atoms with van der Waals surface area (Å²) in [5.74, 6) is 0. The molecule has 0 bridgehead atoms. The Labute approximate surface area is 106 Å². The van der Waals surface area contributed by atoms with Crippen molar-refractivity contribution in [2.24, 2.45) is 0 Å². The topological polar surface area (TPSA) is 0 Å². The van der Waals surface area contributed by atoms with Crippen LogP contribution in [-0.4, -0.2) is 6.18 Å². The predicted molar refractivity (Wildman–Crippen MR) is 66.5 cm³/mol. The van der Waals surface area contributed by atoms with Crippen LogP contribution < -0.4 is 0 Å². The van der Waals surface area contributed by atoms with Gasteiger partial charge >= 0.3 is 6.18 Å². The van der Waals surface area contributed by atoms with Crippen molar-refractivity contribution in [3.8, 4) is 0 Å². The van der Waals surface area contributed by atoms with Crippen molar-refractivity contribution in [1.82, 2.24) is 0 Å². The van der Waals surface area contributed by atoms with E-state index in [0.717, 1.165) is 12.0 Å². The number of allylic oxidation sites excluding steroid dienone is 2. The molecule has 1 aromatic carbocycles. The minimum atomic E-state index is -4.21. The maximum absolute atomic E-state index is 13.4. The summed E-state index contributed by atoms with van der Waals surface area (Å²) in [7, 11) is 0. The van der Waals surface area contributed by atoms with Crippen LogP contribution in [0.15, 0.2) is 35.9 Å². The molecule has 2 rings (SSSR count). The van der Waals surface area contributed by atoms with Gasteiger partial charge in [-0.3, -0.25) is 0 Å². The zero-order valence-corrected chi connectivity index (χ0v) is 10.6. The van der Waals surface area contributed by atoms with Crippen LogP contribution in [0.2, 0.25) is 0 Å². The molecule has 0 nitrogen and oxygen atoms in total. The van der Waals surface area contributed by atoms with Crippen LogP contribution in [-0.2, 0) is 11.8 Å². The Morgan fingerprint density at radius 1 is 1.06 bits per heavy atom. The van der Waals surface area contributed by atoms with Crippen LogP contribution in [0, 0.1) is 0 Å². The van der Waals surface area contributed by atoms with Crippen molar-refractivity contribution in [2.75, 3.05) is 0 Å². The first-order chi connectivity index (χ1) is 8.45. The molecule has 18 heavy (non-hydrogen) atoms. The second-order valence-corrected chi connectivity index (χ2v) is 4.74. The lowest BCUT2D eigenvalue weighted by Crippen LogP contribution is -2.48. The second kappa shape index (κ2) is 4.45. The SMILES string of the molecule is CCC1=CCC1(c1ccc(CC)cc1)C(F)(F)F. The lowest BCUT2D eigenvalue weighted by molar-refractivity contribution is -0.184. The molecule has 0 radical (unpaired) electrons. The Morgan fingerprint density at radius 3 is 2.00 bits per heavy atom. The highest BCUT2D eigenvalue weighted by molar-refractivity contribution is 5.46. The average molecular weight is 254 g/mol. The van der Waals surface area contributed by atoms with Crippen LogP contribution >= 0.6 is 0 Å². The highest BCUT2D eigenvalue weighted by Crippen LogP contribution is 2.55. The summed E-state index contributed by atoms with van der Waals surface area (Å²) < 4.78 is 40.3. The van der Waals surface area contributed by atoms with Crippen molar-refractivity contribution in [2.45, 2.75) is 44.7 Å². The monoisotopic (exact) mass is 254 g/mol. The first kappa shape index (κ1) is 13.2. The van der Waals surface area contributed by atoms with Gasteiger partial charge in [0.05, 0.1) is 0 Å². The molecule has 98 valence electrons. The van der Waals surface area contributed by atoms with E-state index in [1.54, 1.807) is 37.3 Å². The molecule has 0 saturated heterocycles. The summed E-state index contributed by atoms with van der Waals surface area (Å²) in [4.78, 5) is 0. The standard InChI is InChI=1S/C15H17F3/c1-3-11-5-7-13(8-6-11)14(15(16,17)18)10-9-12(14)4-2/h5-9H,3-4,10H2,1-2H3. The number of hydrogen-bond donors (Lipinski definition) is 0. The summed E-state index contributed by atoms with van der Waals surface area (Å²) in [5.41, 5.74) is 0.219. The van der Waals surface area contributed by atoms with Gasteiger partial charge in [0.1, 0.15) is 5.41 Å². The van der Waals surface area contributed by atoms with Crippen LogP contribution in [0.4, 0.5) is 13.2 Å². The van der Waals surface area contributed by atoms with E-state index in [1.807, 2.05) is 6.92 Å². The van der Waals surface area contributed by atoms with Crippen molar-refractivity contribution < 1.29 is 13.2 Å². The maximum Gasteiger partial charge on any atom is 0.402 e.